The number of nitrogens with one attached hydrogen (secondary N) is 1. The number of carboxylic acids is 1. The van der Waals surface area contributed by atoms with E-state index in [2.05, 4.69) is 21.2 Å². The van der Waals surface area contributed by atoms with Crippen molar-refractivity contribution in [3.05, 3.63) is 28.2 Å². The number of hydrogen-bond donors (Lipinski definition) is 2. The molecule has 0 aliphatic heterocycles. The molecule has 1 amide bonds. The third-order valence-electron chi connectivity index (χ3n) is 3.04. The topological polar surface area (TPSA) is 83.5 Å². The van der Waals surface area contributed by atoms with Crippen molar-refractivity contribution in [2.24, 2.45) is 0 Å². The first-order valence-electron chi connectivity index (χ1n) is 6.59. The maximum Gasteiger partial charge on any atom is 0.336 e. The molecule has 0 heterocycles. The summed E-state index contributed by atoms with van der Waals surface area (Å²) in [5, 5.41) is 11.8. The van der Waals surface area contributed by atoms with Gasteiger partial charge in [-0.25, -0.2) is 4.79 Å². The smallest absolute Gasteiger partial charge is 0.336 e. The highest BCUT2D eigenvalue weighted by Gasteiger charge is 2.16. The summed E-state index contributed by atoms with van der Waals surface area (Å²) in [5.41, 5.74) is 0.0289. The van der Waals surface area contributed by atoms with Crippen LogP contribution in [0.15, 0.2) is 27.6 Å². The Kier molecular flexibility index (Phi) is 7.04. The quantitative estimate of drug-likeness (QED) is 0.766. The van der Waals surface area contributed by atoms with Gasteiger partial charge in [0.05, 0.1) is 16.4 Å². The normalized spacial score (nSPS) is 12.2. The van der Waals surface area contributed by atoms with Gasteiger partial charge >= 0.3 is 5.97 Å². The lowest BCUT2D eigenvalue weighted by molar-refractivity contribution is -0.119. The molecule has 0 aromatic heterocycles. The number of rotatable bonds is 7. The van der Waals surface area contributed by atoms with Crippen molar-refractivity contribution in [2.75, 3.05) is 5.75 Å². The van der Waals surface area contributed by atoms with Crippen LogP contribution in [0.1, 0.15) is 37.0 Å². The molecule has 0 radical (unpaired) electrons. The van der Waals surface area contributed by atoms with E-state index < -0.39 is 16.8 Å². The summed E-state index contributed by atoms with van der Waals surface area (Å²) in [5.74, 6) is -1.57. The Morgan fingerprint density at radius 2 is 1.95 bits per heavy atom. The van der Waals surface area contributed by atoms with Gasteiger partial charge in [0, 0.05) is 15.4 Å². The first kappa shape index (κ1) is 17.8. The van der Waals surface area contributed by atoms with Gasteiger partial charge in [0.15, 0.2) is 0 Å². The molecule has 21 heavy (non-hydrogen) atoms. The molecule has 5 nitrogen and oxygen atoms in total. The molecule has 0 bridgehead atoms. The van der Waals surface area contributed by atoms with E-state index in [9.17, 15) is 13.8 Å². The molecular formula is C14H18BrNO4S. The van der Waals surface area contributed by atoms with Gasteiger partial charge < -0.3 is 10.4 Å². The second-order valence-electron chi connectivity index (χ2n) is 4.52. The molecule has 116 valence electrons. The monoisotopic (exact) mass is 375 g/mol. The average Bonchev–Trinajstić information content (AvgIpc) is 2.44. The summed E-state index contributed by atoms with van der Waals surface area (Å²) in [6, 6.07) is 4.48. The molecule has 0 aliphatic rings. The largest absolute Gasteiger partial charge is 0.478 e. The highest BCUT2D eigenvalue weighted by molar-refractivity contribution is 9.10. The Morgan fingerprint density at radius 3 is 2.48 bits per heavy atom. The number of amides is 1. The van der Waals surface area contributed by atoms with E-state index in [0.29, 0.717) is 9.37 Å². The van der Waals surface area contributed by atoms with Crippen molar-refractivity contribution in [3.63, 3.8) is 0 Å². The molecule has 1 aromatic rings. The summed E-state index contributed by atoms with van der Waals surface area (Å²) in [6.07, 6.45) is 1.63. The van der Waals surface area contributed by atoms with E-state index in [0.717, 1.165) is 12.8 Å². The maximum atomic E-state index is 12.1. The molecule has 1 unspecified atom stereocenters. The van der Waals surface area contributed by atoms with Gasteiger partial charge in [-0.3, -0.25) is 9.00 Å². The molecule has 0 aliphatic carbocycles. The van der Waals surface area contributed by atoms with Gasteiger partial charge in [0.25, 0.3) is 0 Å². The number of benzene rings is 1. The average molecular weight is 376 g/mol. The first-order chi connectivity index (χ1) is 9.88. The molecule has 1 rings (SSSR count). The van der Waals surface area contributed by atoms with Crippen LogP contribution < -0.4 is 5.32 Å². The number of carboxylic acid groups (broad SMARTS) is 1. The lowest BCUT2D eigenvalue weighted by atomic mass is 10.2. The molecule has 2 N–H and O–H groups in total. The second-order valence-corrected chi connectivity index (χ2v) is 6.82. The highest BCUT2D eigenvalue weighted by Crippen LogP contribution is 2.20. The third-order valence-corrected chi connectivity index (χ3v) is 5.04. The van der Waals surface area contributed by atoms with E-state index in [4.69, 9.17) is 5.11 Å². The van der Waals surface area contributed by atoms with Crippen molar-refractivity contribution in [2.45, 2.75) is 37.6 Å². The van der Waals surface area contributed by atoms with Crippen molar-refractivity contribution in [3.8, 4) is 0 Å². The van der Waals surface area contributed by atoms with Gasteiger partial charge in [0.2, 0.25) is 5.91 Å². The molecule has 0 saturated carbocycles. The van der Waals surface area contributed by atoms with Crippen LogP contribution in [0, 0.1) is 0 Å². The van der Waals surface area contributed by atoms with Crippen LogP contribution in [0.4, 0.5) is 0 Å². The van der Waals surface area contributed by atoms with Crippen LogP contribution in [0.3, 0.4) is 0 Å². The molecule has 0 spiro atoms. The van der Waals surface area contributed by atoms with Gasteiger partial charge in [-0.15, -0.1) is 0 Å². The first-order valence-corrected chi connectivity index (χ1v) is 8.70. The van der Waals surface area contributed by atoms with E-state index in [1.807, 2.05) is 13.8 Å². The van der Waals surface area contributed by atoms with Gasteiger partial charge in [0.1, 0.15) is 5.75 Å². The van der Waals surface area contributed by atoms with Crippen LogP contribution in [0.2, 0.25) is 0 Å². The van der Waals surface area contributed by atoms with Crippen molar-refractivity contribution in [1.82, 2.24) is 5.32 Å². The predicted molar refractivity (Wildman–Crippen MR) is 84.9 cm³/mol. The SMILES string of the molecule is CCC(CC)NC(=O)CS(=O)c1ccc(Br)c(C(=O)O)c1. The minimum absolute atomic E-state index is 0.0289. The predicted octanol–water partition coefficient (Wildman–Crippen LogP) is 2.56. The Labute approximate surface area is 134 Å². The summed E-state index contributed by atoms with van der Waals surface area (Å²) in [7, 11) is -1.57. The van der Waals surface area contributed by atoms with E-state index in [1.54, 1.807) is 6.07 Å². The van der Waals surface area contributed by atoms with Gasteiger partial charge in [-0.1, -0.05) is 13.8 Å². The second kappa shape index (κ2) is 8.29. The van der Waals surface area contributed by atoms with Crippen LogP contribution in [0.25, 0.3) is 0 Å². The van der Waals surface area contributed by atoms with Crippen molar-refractivity contribution >= 4 is 38.6 Å². The molecule has 1 aromatic carbocycles. The maximum absolute atomic E-state index is 12.1. The zero-order valence-corrected chi connectivity index (χ0v) is 14.3. The Hall–Kier alpha value is -1.21. The standard InChI is InChI=1S/C14H18BrNO4S/c1-3-9(4-2)16-13(17)8-21(20)10-5-6-12(15)11(7-10)14(18)19/h5-7,9H,3-4,8H2,1-2H3,(H,16,17)(H,18,19). The molecule has 7 heteroatoms. The van der Waals surface area contributed by atoms with Gasteiger partial charge in [-0.2, -0.15) is 0 Å². The fraction of sp³-hybridized carbons (Fsp3) is 0.429. The number of hydrogen-bond acceptors (Lipinski definition) is 3. The summed E-state index contributed by atoms with van der Waals surface area (Å²) in [6.45, 7) is 3.94. The highest BCUT2D eigenvalue weighted by atomic mass is 79.9. The summed E-state index contributed by atoms with van der Waals surface area (Å²) in [4.78, 5) is 23.2. The zero-order chi connectivity index (χ0) is 16.0. The van der Waals surface area contributed by atoms with Crippen molar-refractivity contribution < 1.29 is 18.9 Å². The van der Waals surface area contributed by atoms with Crippen LogP contribution >= 0.6 is 15.9 Å². The van der Waals surface area contributed by atoms with Crippen molar-refractivity contribution in [1.29, 1.82) is 0 Å². The minimum atomic E-state index is -1.57. The molecule has 0 fully saturated rings. The Balaban J connectivity index is 2.78. The third kappa shape index (κ3) is 5.24. The number of carbonyl (C=O) groups is 2. The van der Waals surface area contributed by atoms with E-state index in [1.165, 1.54) is 12.1 Å². The Morgan fingerprint density at radius 1 is 1.33 bits per heavy atom. The summed E-state index contributed by atoms with van der Waals surface area (Å²) < 4.78 is 12.6. The fourth-order valence-corrected chi connectivity index (χ4v) is 3.15. The number of carbonyl (C=O) groups excluding carboxylic acids is 1. The van der Waals surface area contributed by atoms with Crippen LogP contribution in [-0.2, 0) is 15.6 Å². The zero-order valence-electron chi connectivity index (χ0n) is 11.9. The number of aromatic carboxylic acids is 1. The molecular weight excluding hydrogens is 358 g/mol. The lowest BCUT2D eigenvalue weighted by Gasteiger charge is -2.14. The molecule has 1 atom stereocenters. The fourth-order valence-electron chi connectivity index (χ4n) is 1.77. The lowest BCUT2D eigenvalue weighted by Crippen LogP contribution is -2.36. The van der Waals surface area contributed by atoms with E-state index in [-0.39, 0.29) is 23.3 Å². The summed E-state index contributed by atoms with van der Waals surface area (Å²) >= 11 is 3.12. The van der Waals surface area contributed by atoms with Gasteiger partial charge in [-0.05, 0) is 47.0 Å². The Bertz CT molecular complexity index is 558. The number of halogens is 1. The van der Waals surface area contributed by atoms with Crippen LogP contribution in [0.5, 0.6) is 0 Å². The molecule has 0 saturated heterocycles. The van der Waals surface area contributed by atoms with E-state index >= 15 is 0 Å². The minimum Gasteiger partial charge on any atom is -0.478 e. The van der Waals surface area contributed by atoms with Crippen LogP contribution in [-0.4, -0.2) is 33.0 Å².